The van der Waals surface area contributed by atoms with Crippen molar-refractivity contribution in [1.29, 1.82) is 0 Å². The van der Waals surface area contributed by atoms with Crippen LogP contribution in [0.15, 0.2) is 16.5 Å². The number of hydrogen-bond donors (Lipinski definition) is 4. The van der Waals surface area contributed by atoms with E-state index < -0.39 is 5.91 Å². The van der Waals surface area contributed by atoms with Crippen molar-refractivity contribution in [2.45, 2.75) is 18.9 Å². The molecule has 3 heterocycles. The van der Waals surface area contributed by atoms with Gasteiger partial charge in [-0.15, -0.1) is 0 Å². The molecule has 1 saturated heterocycles. The summed E-state index contributed by atoms with van der Waals surface area (Å²) in [6.45, 7) is 0.506. The summed E-state index contributed by atoms with van der Waals surface area (Å²) in [5, 5.41) is 10.4. The Balaban J connectivity index is 1.86. The van der Waals surface area contributed by atoms with Crippen molar-refractivity contribution in [2.75, 3.05) is 31.3 Å². The van der Waals surface area contributed by atoms with E-state index in [0.29, 0.717) is 52.6 Å². The topological polar surface area (TPSA) is 144 Å². The van der Waals surface area contributed by atoms with Crippen LogP contribution in [0.25, 0.3) is 22.0 Å². The summed E-state index contributed by atoms with van der Waals surface area (Å²) < 4.78 is 11.0. The average molecular weight is 384 g/mol. The lowest BCUT2D eigenvalue weighted by molar-refractivity contribution is -0.119. The number of carbonyl (C=O) groups is 2. The number of rotatable bonds is 6. The molecule has 0 saturated carbocycles. The molecule has 10 heteroatoms. The molecule has 1 aromatic carbocycles. The summed E-state index contributed by atoms with van der Waals surface area (Å²) in [6.07, 6.45) is 1.27. The summed E-state index contributed by atoms with van der Waals surface area (Å²) >= 11 is 0. The van der Waals surface area contributed by atoms with Gasteiger partial charge < -0.3 is 30.8 Å². The largest absolute Gasteiger partial charge is 0.496 e. The summed E-state index contributed by atoms with van der Waals surface area (Å²) in [6, 6.07) is 3.66. The minimum atomic E-state index is -0.607. The molecular formula is C18H20N6O4. The molecule has 4 rings (SSSR count). The first-order valence-corrected chi connectivity index (χ1v) is 8.83. The molecule has 5 N–H and O–H groups in total. The third kappa shape index (κ3) is 3.02. The molecule has 2 amide bonds. The lowest BCUT2D eigenvalue weighted by Crippen LogP contribution is -2.32. The average Bonchev–Trinajstić information content (AvgIpc) is 3.30. The number of benzene rings is 1. The lowest BCUT2D eigenvalue weighted by atomic mass is 10.1. The van der Waals surface area contributed by atoms with Crippen molar-refractivity contribution in [3.8, 4) is 5.75 Å². The van der Waals surface area contributed by atoms with Crippen LogP contribution in [0.3, 0.4) is 0 Å². The van der Waals surface area contributed by atoms with Gasteiger partial charge in [0, 0.05) is 36.8 Å². The Hall–Kier alpha value is -3.56. The second-order valence-corrected chi connectivity index (χ2v) is 6.53. The summed E-state index contributed by atoms with van der Waals surface area (Å²) in [7, 11) is 3.16. The Kier molecular flexibility index (Phi) is 4.38. The van der Waals surface area contributed by atoms with E-state index >= 15 is 0 Å². The quantitative estimate of drug-likeness (QED) is 0.496. The van der Waals surface area contributed by atoms with E-state index in [4.69, 9.17) is 14.9 Å². The van der Waals surface area contributed by atoms with Crippen LogP contribution >= 0.6 is 0 Å². The third-order valence-corrected chi connectivity index (χ3v) is 4.75. The molecule has 1 aliphatic rings. The molecule has 1 atom stereocenters. The molecule has 0 radical (unpaired) electrons. The van der Waals surface area contributed by atoms with Gasteiger partial charge in [0.15, 0.2) is 0 Å². The highest BCUT2D eigenvalue weighted by molar-refractivity contribution is 6.11. The first-order chi connectivity index (χ1) is 13.5. The fourth-order valence-corrected chi connectivity index (χ4v) is 3.35. The van der Waals surface area contributed by atoms with Gasteiger partial charge in [0.1, 0.15) is 17.1 Å². The lowest BCUT2D eigenvalue weighted by Gasteiger charge is -2.15. The first kappa shape index (κ1) is 17.8. The van der Waals surface area contributed by atoms with Crippen LogP contribution < -0.4 is 26.4 Å². The van der Waals surface area contributed by atoms with E-state index in [1.165, 1.54) is 7.11 Å². The predicted octanol–water partition coefficient (Wildman–Crippen LogP) is 1.22. The summed E-state index contributed by atoms with van der Waals surface area (Å²) in [5.74, 6) is 0.318. The van der Waals surface area contributed by atoms with E-state index in [1.54, 1.807) is 19.2 Å². The Labute approximate surface area is 159 Å². The molecule has 1 unspecified atom stereocenters. The first-order valence-electron chi connectivity index (χ1n) is 8.83. The zero-order valence-electron chi connectivity index (χ0n) is 15.5. The van der Waals surface area contributed by atoms with Gasteiger partial charge in [-0.3, -0.25) is 9.59 Å². The molecule has 10 nitrogen and oxygen atoms in total. The maximum absolute atomic E-state index is 11.9. The number of oxazole rings is 1. The van der Waals surface area contributed by atoms with Crippen LogP contribution in [-0.4, -0.2) is 48.5 Å². The van der Waals surface area contributed by atoms with Gasteiger partial charge in [0.05, 0.1) is 12.7 Å². The van der Waals surface area contributed by atoms with Crippen LogP contribution in [0.4, 0.5) is 11.8 Å². The molecule has 28 heavy (non-hydrogen) atoms. The maximum atomic E-state index is 11.9. The van der Waals surface area contributed by atoms with Gasteiger partial charge in [0.2, 0.25) is 5.91 Å². The molecule has 0 aliphatic carbocycles. The third-order valence-electron chi connectivity index (χ3n) is 4.75. The molecule has 2 aromatic heterocycles. The Morgan fingerprint density at radius 3 is 2.86 bits per heavy atom. The smallest absolute Gasteiger partial charge is 0.296 e. The van der Waals surface area contributed by atoms with Gasteiger partial charge in [0.25, 0.3) is 17.6 Å². The van der Waals surface area contributed by atoms with Crippen LogP contribution in [-0.2, 0) is 4.79 Å². The van der Waals surface area contributed by atoms with Crippen LogP contribution in [0.2, 0.25) is 0 Å². The van der Waals surface area contributed by atoms with Gasteiger partial charge in [-0.1, -0.05) is 0 Å². The van der Waals surface area contributed by atoms with Crippen molar-refractivity contribution in [2.24, 2.45) is 5.73 Å². The molecule has 1 aliphatic heterocycles. The Morgan fingerprint density at radius 1 is 1.39 bits per heavy atom. The Morgan fingerprint density at radius 2 is 2.21 bits per heavy atom. The van der Waals surface area contributed by atoms with Crippen molar-refractivity contribution in [3.63, 3.8) is 0 Å². The molecule has 146 valence electrons. The number of hydrogen-bond acceptors (Lipinski definition) is 8. The molecule has 0 spiro atoms. The fourth-order valence-electron chi connectivity index (χ4n) is 3.35. The zero-order chi connectivity index (χ0) is 19.8. The van der Waals surface area contributed by atoms with Crippen molar-refractivity contribution >= 4 is 45.6 Å². The second kappa shape index (κ2) is 6.87. The number of pyridine rings is 1. The number of nitrogens with one attached hydrogen (secondary N) is 3. The molecule has 1 fully saturated rings. The molecule has 0 bridgehead atoms. The van der Waals surface area contributed by atoms with Crippen molar-refractivity contribution in [1.82, 2.24) is 15.3 Å². The number of nitrogens with zero attached hydrogens (tertiary/aromatic N) is 2. The van der Waals surface area contributed by atoms with Gasteiger partial charge in [-0.25, -0.2) is 0 Å². The summed E-state index contributed by atoms with van der Waals surface area (Å²) in [4.78, 5) is 32.2. The van der Waals surface area contributed by atoms with Crippen LogP contribution in [0.5, 0.6) is 5.75 Å². The van der Waals surface area contributed by atoms with E-state index in [9.17, 15) is 9.59 Å². The highest BCUT2D eigenvalue weighted by Crippen LogP contribution is 2.35. The van der Waals surface area contributed by atoms with Crippen LogP contribution in [0.1, 0.15) is 23.2 Å². The van der Waals surface area contributed by atoms with Crippen molar-refractivity contribution in [3.05, 3.63) is 17.7 Å². The number of aromatic nitrogens is 2. The van der Waals surface area contributed by atoms with E-state index in [-0.39, 0.29) is 17.5 Å². The van der Waals surface area contributed by atoms with E-state index in [0.717, 1.165) is 6.42 Å². The monoisotopic (exact) mass is 384 g/mol. The minimum Gasteiger partial charge on any atom is -0.496 e. The minimum absolute atomic E-state index is 0.0226. The highest BCUT2D eigenvalue weighted by atomic mass is 16.5. The number of carbonyl (C=O) groups excluding carboxylic acids is 2. The number of fused-ring (bicyclic) bond motifs is 3. The van der Waals surface area contributed by atoms with Gasteiger partial charge in [-0.05, 0) is 18.6 Å². The SMILES string of the molecule is CNc1nc2c(nc(NCC3CCC(=O)N3)c3cc(OC)c(C(N)=O)cc32)o1. The zero-order valence-corrected chi connectivity index (χ0v) is 15.5. The number of primary amides is 1. The van der Waals surface area contributed by atoms with Crippen molar-refractivity contribution < 1.29 is 18.7 Å². The Bertz CT molecular complexity index is 1090. The van der Waals surface area contributed by atoms with Gasteiger partial charge >= 0.3 is 0 Å². The number of methoxy groups -OCH3 is 1. The fraction of sp³-hybridized carbons (Fsp3) is 0.333. The standard InChI is InChI=1S/C18H20N6O4/c1-20-18-23-14-9-5-11(15(19)26)12(27-2)6-10(9)16(24-17(14)28-18)21-7-8-3-4-13(25)22-8/h5-6,8H,3-4,7H2,1-2H3,(H2,19,26)(H,20,23)(H,21,24)(H,22,25). The molecular weight excluding hydrogens is 364 g/mol. The van der Waals surface area contributed by atoms with Gasteiger partial charge in [-0.2, -0.15) is 9.97 Å². The summed E-state index contributed by atoms with van der Waals surface area (Å²) in [5.41, 5.74) is 6.56. The number of nitrogens with two attached hydrogens (primary N) is 1. The number of amides is 2. The van der Waals surface area contributed by atoms with E-state index in [1.807, 2.05) is 0 Å². The number of ether oxygens (including phenoxy) is 1. The normalized spacial score (nSPS) is 16.4. The second-order valence-electron chi connectivity index (χ2n) is 6.53. The predicted molar refractivity (Wildman–Crippen MR) is 104 cm³/mol. The maximum Gasteiger partial charge on any atom is 0.296 e. The highest BCUT2D eigenvalue weighted by Gasteiger charge is 2.22. The molecule has 3 aromatic rings. The van der Waals surface area contributed by atoms with Crippen LogP contribution in [0, 0.1) is 0 Å². The number of anilines is 2. The van der Waals surface area contributed by atoms with E-state index in [2.05, 4.69) is 25.9 Å².